The summed E-state index contributed by atoms with van der Waals surface area (Å²) in [4.78, 5) is 41.4. The first-order chi connectivity index (χ1) is 14.8. The van der Waals surface area contributed by atoms with Crippen molar-refractivity contribution in [3.8, 4) is 0 Å². The Hall–Kier alpha value is -3.23. The SMILES string of the molecule is Cc1cn(CC(=O)N2CCCC(C)(C(=O)Nc3cccc(N4CCCC4=O)c3)C2)nn1. The lowest BCUT2D eigenvalue weighted by Crippen LogP contribution is -2.50. The molecule has 164 valence electrons. The number of piperidine rings is 1. The molecule has 1 aromatic carbocycles. The van der Waals surface area contributed by atoms with Gasteiger partial charge >= 0.3 is 0 Å². The number of anilines is 2. The number of carbonyl (C=O) groups excluding carboxylic acids is 3. The summed E-state index contributed by atoms with van der Waals surface area (Å²) < 4.78 is 1.52. The van der Waals surface area contributed by atoms with Crippen molar-refractivity contribution in [1.29, 1.82) is 0 Å². The van der Waals surface area contributed by atoms with Gasteiger partial charge in [-0.15, -0.1) is 5.10 Å². The third-order valence-electron chi connectivity index (χ3n) is 6.04. The van der Waals surface area contributed by atoms with Crippen molar-refractivity contribution in [1.82, 2.24) is 19.9 Å². The minimum absolute atomic E-state index is 0.0711. The number of nitrogens with one attached hydrogen (secondary N) is 1. The highest BCUT2D eigenvalue weighted by atomic mass is 16.2. The van der Waals surface area contributed by atoms with Crippen molar-refractivity contribution in [2.45, 2.75) is 46.1 Å². The molecule has 1 aromatic heterocycles. The summed E-state index contributed by atoms with van der Waals surface area (Å²) in [5, 5.41) is 10.8. The molecule has 0 saturated carbocycles. The van der Waals surface area contributed by atoms with Crippen LogP contribution in [-0.4, -0.2) is 57.2 Å². The number of hydrogen-bond acceptors (Lipinski definition) is 5. The number of aromatic nitrogens is 3. The highest BCUT2D eigenvalue weighted by Gasteiger charge is 2.39. The third-order valence-corrected chi connectivity index (χ3v) is 6.04. The molecule has 0 bridgehead atoms. The van der Waals surface area contributed by atoms with Crippen LogP contribution in [0.1, 0.15) is 38.3 Å². The summed E-state index contributed by atoms with van der Waals surface area (Å²) in [7, 11) is 0. The van der Waals surface area contributed by atoms with Crippen LogP contribution in [0.3, 0.4) is 0 Å². The van der Waals surface area contributed by atoms with Crippen molar-refractivity contribution in [2.24, 2.45) is 5.41 Å². The summed E-state index contributed by atoms with van der Waals surface area (Å²) in [5.74, 6) is -0.0795. The average molecular weight is 425 g/mol. The summed E-state index contributed by atoms with van der Waals surface area (Å²) in [6, 6.07) is 7.39. The molecule has 0 radical (unpaired) electrons. The predicted molar refractivity (Wildman–Crippen MR) is 115 cm³/mol. The molecule has 9 nitrogen and oxygen atoms in total. The van der Waals surface area contributed by atoms with Gasteiger partial charge in [-0.3, -0.25) is 14.4 Å². The Labute approximate surface area is 181 Å². The van der Waals surface area contributed by atoms with Crippen molar-refractivity contribution in [2.75, 3.05) is 29.9 Å². The van der Waals surface area contributed by atoms with Crippen molar-refractivity contribution in [3.63, 3.8) is 0 Å². The predicted octanol–water partition coefficient (Wildman–Crippen LogP) is 1.98. The minimum atomic E-state index is -0.689. The quantitative estimate of drug-likeness (QED) is 0.791. The van der Waals surface area contributed by atoms with E-state index >= 15 is 0 Å². The summed E-state index contributed by atoms with van der Waals surface area (Å²) >= 11 is 0. The fourth-order valence-corrected chi connectivity index (χ4v) is 4.30. The van der Waals surface area contributed by atoms with Crippen LogP contribution in [0.15, 0.2) is 30.5 Å². The Morgan fingerprint density at radius 2 is 2.06 bits per heavy atom. The number of aryl methyl sites for hydroxylation is 1. The second-order valence-electron chi connectivity index (χ2n) is 8.69. The zero-order valence-corrected chi connectivity index (χ0v) is 18.0. The summed E-state index contributed by atoms with van der Waals surface area (Å²) in [6.07, 6.45) is 4.60. The molecule has 2 fully saturated rings. The molecule has 1 unspecified atom stereocenters. The highest BCUT2D eigenvalue weighted by molar-refractivity contribution is 5.98. The molecule has 2 aliphatic rings. The van der Waals surface area contributed by atoms with Gasteiger partial charge in [-0.2, -0.15) is 0 Å². The maximum atomic E-state index is 13.2. The van der Waals surface area contributed by atoms with Crippen LogP contribution in [0.2, 0.25) is 0 Å². The molecule has 0 aliphatic carbocycles. The van der Waals surface area contributed by atoms with Gasteiger partial charge in [-0.25, -0.2) is 4.68 Å². The lowest BCUT2D eigenvalue weighted by Gasteiger charge is -2.39. The molecular formula is C22H28N6O3. The molecule has 3 amide bonds. The molecule has 2 aromatic rings. The van der Waals surface area contributed by atoms with E-state index in [2.05, 4.69) is 15.6 Å². The van der Waals surface area contributed by atoms with Gasteiger partial charge in [0.25, 0.3) is 0 Å². The standard InChI is InChI=1S/C22H28N6O3/c1-16-13-27(25-24-16)14-20(30)26-10-5-9-22(2,15-26)21(31)23-17-6-3-7-18(12-17)28-11-4-8-19(28)29/h3,6-7,12-13H,4-5,8-11,14-15H2,1-2H3,(H,23,31). The first-order valence-corrected chi connectivity index (χ1v) is 10.7. The van der Waals surface area contributed by atoms with Crippen LogP contribution in [0.25, 0.3) is 0 Å². The zero-order valence-electron chi connectivity index (χ0n) is 18.0. The Bertz CT molecular complexity index is 1000. The van der Waals surface area contributed by atoms with Gasteiger partial charge in [0.05, 0.1) is 11.1 Å². The lowest BCUT2D eigenvalue weighted by atomic mass is 9.80. The normalized spacial score (nSPS) is 21.4. The van der Waals surface area contributed by atoms with Gasteiger partial charge in [0.2, 0.25) is 17.7 Å². The fourth-order valence-electron chi connectivity index (χ4n) is 4.30. The van der Waals surface area contributed by atoms with Crippen LogP contribution in [0.4, 0.5) is 11.4 Å². The van der Waals surface area contributed by atoms with Crippen LogP contribution >= 0.6 is 0 Å². The Morgan fingerprint density at radius 3 is 2.77 bits per heavy atom. The van der Waals surface area contributed by atoms with Gasteiger partial charge in [0, 0.05) is 43.6 Å². The van der Waals surface area contributed by atoms with Gasteiger partial charge in [0.15, 0.2) is 0 Å². The van der Waals surface area contributed by atoms with Crippen LogP contribution < -0.4 is 10.2 Å². The lowest BCUT2D eigenvalue weighted by molar-refractivity contribution is -0.139. The van der Waals surface area contributed by atoms with Crippen LogP contribution in [0.5, 0.6) is 0 Å². The molecule has 2 aliphatic heterocycles. The number of hydrogen-bond donors (Lipinski definition) is 1. The van der Waals surface area contributed by atoms with E-state index < -0.39 is 5.41 Å². The summed E-state index contributed by atoms with van der Waals surface area (Å²) in [6.45, 7) is 5.53. The van der Waals surface area contributed by atoms with E-state index in [4.69, 9.17) is 0 Å². The van der Waals surface area contributed by atoms with E-state index in [9.17, 15) is 14.4 Å². The first kappa shape index (κ1) is 21.0. The third kappa shape index (κ3) is 4.60. The van der Waals surface area contributed by atoms with Crippen molar-refractivity contribution < 1.29 is 14.4 Å². The number of benzene rings is 1. The first-order valence-electron chi connectivity index (χ1n) is 10.7. The van der Waals surface area contributed by atoms with E-state index in [0.29, 0.717) is 38.2 Å². The van der Waals surface area contributed by atoms with E-state index in [0.717, 1.165) is 24.2 Å². The van der Waals surface area contributed by atoms with Crippen molar-refractivity contribution >= 4 is 29.1 Å². The van der Waals surface area contributed by atoms with Crippen LogP contribution in [-0.2, 0) is 20.9 Å². The number of nitrogens with zero attached hydrogens (tertiary/aromatic N) is 5. The Morgan fingerprint density at radius 1 is 1.23 bits per heavy atom. The molecule has 1 N–H and O–H groups in total. The van der Waals surface area contributed by atoms with Gasteiger partial charge in [-0.1, -0.05) is 11.3 Å². The second-order valence-corrected chi connectivity index (χ2v) is 8.69. The zero-order chi connectivity index (χ0) is 22.0. The topological polar surface area (TPSA) is 100 Å². The second kappa shape index (κ2) is 8.49. The van der Waals surface area contributed by atoms with Gasteiger partial charge in [-0.05, 0) is 51.3 Å². The Balaban J connectivity index is 1.41. The minimum Gasteiger partial charge on any atom is -0.340 e. The molecule has 4 rings (SSSR count). The molecule has 0 spiro atoms. The van der Waals surface area contributed by atoms with Gasteiger partial charge < -0.3 is 15.1 Å². The number of amides is 3. The molecule has 31 heavy (non-hydrogen) atoms. The highest BCUT2D eigenvalue weighted by Crippen LogP contribution is 2.32. The molecule has 1 atom stereocenters. The summed E-state index contributed by atoms with van der Waals surface area (Å²) in [5.41, 5.74) is 1.53. The average Bonchev–Trinajstić information content (AvgIpc) is 3.36. The van der Waals surface area contributed by atoms with E-state index in [1.165, 1.54) is 4.68 Å². The Kier molecular flexibility index (Phi) is 5.75. The smallest absolute Gasteiger partial charge is 0.244 e. The van der Waals surface area contributed by atoms with E-state index in [1.807, 2.05) is 38.1 Å². The van der Waals surface area contributed by atoms with Crippen LogP contribution in [0, 0.1) is 12.3 Å². The van der Waals surface area contributed by atoms with E-state index in [1.54, 1.807) is 16.0 Å². The number of likely N-dealkylation sites (tertiary alicyclic amines) is 1. The molecule has 3 heterocycles. The number of rotatable bonds is 5. The largest absolute Gasteiger partial charge is 0.340 e. The molecular weight excluding hydrogens is 396 g/mol. The molecule has 9 heteroatoms. The van der Waals surface area contributed by atoms with Gasteiger partial charge in [0.1, 0.15) is 6.54 Å². The number of carbonyl (C=O) groups is 3. The monoisotopic (exact) mass is 424 g/mol. The molecule has 2 saturated heterocycles. The fraction of sp³-hybridized carbons (Fsp3) is 0.500. The van der Waals surface area contributed by atoms with E-state index in [-0.39, 0.29) is 24.3 Å². The van der Waals surface area contributed by atoms with Crippen molar-refractivity contribution in [3.05, 3.63) is 36.2 Å². The maximum absolute atomic E-state index is 13.2. The maximum Gasteiger partial charge on any atom is 0.244 e.